The summed E-state index contributed by atoms with van der Waals surface area (Å²) in [5.41, 5.74) is 1.78. The number of hydrogen-bond donors (Lipinski definition) is 0. The Bertz CT molecular complexity index is 1010. The van der Waals surface area contributed by atoms with Crippen LogP contribution in [0.5, 0.6) is 5.75 Å². The molecule has 1 amide bonds. The first-order chi connectivity index (χ1) is 13.9. The molecule has 2 aromatic carbocycles. The minimum atomic E-state index is -3.21. The van der Waals surface area contributed by atoms with E-state index in [-0.39, 0.29) is 30.0 Å². The van der Waals surface area contributed by atoms with E-state index in [9.17, 15) is 13.2 Å². The molecule has 2 atom stereocenters. The van der Waals surface area contributed by atoms with Crippen molar-refractivity contribution in [2.75, 3.05) is 36.6 Å². The molecule has 154 valence electrons. The number of benzene rings is 2. The van der Waals surface area contributed by atoms with Gasteiger partial charge in [0.1, 0.15) is 5.75 Å². The van der Waals surface area contributed by atoms with Crippen molar-refractivity contribution >= 4 is 33.0 Å². The van der Waals surface area contributed by atoms with E-state index in [0.29, 0.717) is 17.3 Å². The number of halogens is 1. The van der Waals surface area contributed by atoms with Crippen LogP contribution >= 0.6 is 11.6 Å². The first kappa shape index (κ1) is 20.2. The lowest BCUT2D eigenvalue weighted by Crippen LogP contribution is -2.62. The maximum atomic E-state index is 13.0. The number of carbonyl (C=O) groups excluding carboxylic acids is 1. The Morgan fingerprint density at radius 2 is 1.83 bits per heavy atom. The molecule has 0 radical (unpaired) electrons. The molecule has 8 heteroatoms. The zero-order valence-corrected chi connectivity index (χ0v) is 17.7. The molecule has 0 bridgehead atoms. The van der Waals surface area contributed by atoms with Crippen molar-refractivity contribution < 1.29 is 17.9 Å². The Balaban J connectivity index is 1.55. The number of ether oxygens (including phenoxy) is 1. The molecule has 29 heavy (non-hydrogen) atoms. The van der Waals surface area contributed by atoms with Crippen LogP contribution in [0.2, 0.25) is 5.02 Å². The van der Waals surface area contributed by atoms with Crippen molar-refractivity contribution in [2.24, 2.45) is 0 Å². The van der Waals surface area contributed by atoms with E-state index in [0.717, 1.165) is 17.7 Å². The Morgan fingerprint density at radius 3 is 2.52 bits per heavy atom. The Labute approximate surface area is 175 Å². The van der Waals surface area contributed by atoms with Crippen molar-refractivity contribution in [3.63, 3.8) is 0 Å². The number of sulfone groups is 1. The van der Waals surface area contributed by atoms with E-state index in [4.69, 9.17) is 16.3 Å². The minimum Gasteiger partial charge on any atom is -0.497 e. The molecule has 0 spiro atoms. The lowest BCUT2D eigenvalue weighted by Gasteiger charge is -2.43. The van der Waals surface area contributed by atoms with Gasteiger partial charge < -0.3 is 9.64 Å². The van der Waals surface area contributed by atoms with Gasteiger partial charge in [-0.1, -0.05) is 29.8 Å². The topological polar surface area (TPSA) is 66.9 Å². The number of methoxy groups -OCH3 is 1. The Kier molecular flexibility index (Phi) is 5.55. The number of anilines is 1. The summed E-state index contributed by atoms with van der Waals surface area (Å²) in [6, 6.07) is 14.2. The molecule has 2 aromatic rings. The molecule has 2 aliphatic heterocycles. The predicted octanol–water partition coefficient (Wildman–Crippen LogP) is 2.41. The molecule has 2 heterocycles. The van der Waals surface area contributed by atoms with Crippen molar-refractivity contribution in [2.45, 2.75) is 18.5 Å². The number of amides is 1. The fourth-order valence-corrected chi connectivity index (χ4v) is 6.39. The van der Waals surface area contributed by atoms with Gasteiger partial charge in [0, 0.05) is 23.3 Å². The summed E-state index contributed by atoms with van der Waals surface area (Å²) in [5, 5.41) is 0.523. The van der Waals surface area contributed by atoms with E-state index in [1.165, 1.54) is 0 Å². The van der Waals surface area contributed by atoms with Crippen molar-refractivity contribution in [3.05, 3.63) is 59.1 Å². The summed E-state index contributed by atoms with van der Waals surface area (Å²) in [5.74, 6) is 0.751. The maximum Gasteiger partial charge on any atom is 0.241 e. The molecular formula is C21H23ClN2O4S. The monoisotopic (exact) mass is 434 g/mol. The van der Waals surface area contributed by atoms with Crippen LogP contribution in [0.1, 0.15) is 5.56 Å². The van der Waals surface area contributed by atoms with Crippen LogP contribution in [0.15, 0.2) is 48.5 Å². The summed E-state index contributed by atoms with van der Waals surface area (Å²) >= 11 is 6.10. The number of fused-ring (bicyclic) bond motifs is 1. The van der Waals surface area contributed by atoms with Gasteiger partial charge in [0.15, 0.2) is 9.84 Å². The number of piperazine rings is 1. The SMILES string of the molecule is COc1ccc(CCN2CC(=O)N(c3cccc(Cl)c3)[C@H]3CS(=O)(=O)C[C@@H]32)cc1. The van der Waals surface area contributed by atoms with Gasteiger partial charge in [-0.25, -0.2) is 8.42 Å². The molecule has 2 fully saturated rings. The predicted molar refractivity (Wildman–Crippen MR) is 113 cm³/mol. The highest BCUT2D eigenvalue weighted by Crippen LogP contribution is 2.32. The number of nitrogens with zero attached hydrogens (tertiary/aromatic N) is 2. The zero-order chi connectivity index (χ0) is 20.6. The molecular weight excluding hydrogens is 412 g/mol. The molecule has 4 rings (SSSR count). The van der Waals surface area contributed by atoms with Crippen LogP contribution in [0.25, 0.3) is 0 Å². The third-order valence-electron chi connectivity index (χ3n) is 5.63. The van der Waals surface area contributed by atoms with E-state index in [1.54, 1.807) is 36.3 Å². The minimum absolute atomic E-state index is 0.0189. The normalized spacial score (nSPS) is 23.8. The average Bonchev–Trinajstić information content (AvgIpc) is 3.01. The second-order valence-electron chi connectivity index (χ2n) is 7.52. The standard InChI is InChI=1S/C21H23ClN2O4S/c1-28-18-7-5-15(6-8-18)9-10-23-12-21(25)24(17-4-2-3-16(22)11-17)20-14-29(26,27)13-19(20)23/h2-8,11,19-20H,9-10,12-14H2,1H3/t19-,20-/m0/s1. The molecule has 2 aliphatic rings. The summed E-state index contributed by atoms with van der Waals surface area (Å²) in [6.45, 7) is 0.817. The molecule has 2 saturated heterocycles. The quantitative estimate of drug-likeness (QED) is 0.723. The number of carbonyl (C=O) groups is 1. The molecule has 0 unspecified atom stereocenters. The number of rotatable bonds is 5. The van der Waals surface area contributed by atoms with E-state index in [2.05, 4.69) is 0 Å². The smallest absolute Gasteiger partial charge is 0.241 e. The second-order valence-corrected chi connectivity index (χ2v) is 10.1. The first-order valence-electron chi connectivity index (χ1n) is 9.51. The molecule has 6 nitrogen and oxygen atoms in total. The van der Waals surface area contributed by atoms with Crippen LogP contribution in [0.3, 0.4) is 0 Å². The van der Waals surface area contributed by atoms with Crippen molar-refractivity contribution in [1.82, 2.24) is 4.90 Å². The van der Waals surface area contributed by atoms with Crippen LogP contribution < -0.4 is 9.64 Å². The fraction of sp³-hybridized carbons (Fsp3) is 0.381. The summed E-state index contributed by atoms with van der Waals surface area (Å²) in [4.78, 5) is 16.6. The van der Waals surface area contributed by atoms with Gasteiger partial charge in [0.25, 0.3) is 0 Å². The lowest BCUT2D eigenvalue weighted by atomic mass is 10.0. The van der Waals surface area contributed by atoms with Crippen molar-refractivity contribution in [3.8, 4) is 5.75 Å². The van der Waals surface area contributed by atoms with Crippen LogP contribution in [0.4, 0.5) is 5.69 Å². The molecule has 0 N–H and O–H groups in total. The summed E-state index contributed by atoms with van der Waals surface area (Å²) < 4.78 is 30.0. The maximum absolute atomic E-state index is 13.0. The lowest BCUT2D eigenvalue weighted by molar-refractivity contribution is -0.123. The third-order valence-corrected chi connectivity index (χ3v) is 7.57. The third kappa shape index (κ3) is 4.27. The second kappa shape index (κ2) is 7.97. The first-order valence-corrected chi connectivity index (χ1v) is 11.7. The van der Waals surface area contributed by atoms with Gasteiger partial charge in [-0.15, -0.1) is 0 Å². The Hall–Kier alpha value is -2.09. The summed E-state index contributed by atoms with van der Waals surface area (Å²) in [7, 11) is -1.59. The van der Waals surface area contributed by atoms with Gasteiger partial charge in [0.05, 0.1) is 31.2 Å². The highest BCUT2D eigenvalue weighted by Gasteiger charge is 2.49. The van der Waals surface area contributed by atoms with Crippen LogP contribution in [-0.2, 0) is 21.1 Å². The van der Waals surface area contributed by atoms with Gasteiger partial charge >= 0.3 is 0 Å². The highest BCUT2D eigenvalue weighted by atomic mass is 35.5. The molecule has 0 aromatic heterocycles. The van der Waals surface area contributed by atoms with Gasteiger partial charge in [-0.3, -0.25) is 9.69 Å². The van der Waals surface area contributed by atoms with E-state index >= 15 is 0 Å². The van der Waals surface area contributed by atoms with E-state index < -0.39 is 15.9 Å². The highest BCUT2D eigenvalue weighted by molar-refractivity contribution is 7.91. The largest absolute Gasteiger partial charge is 0.497 e. The molecule has 0 saturated carbocycles. The summed E-state index contributed by atoms with van der Waals surface area (Å²) in [6.07, 6.45) is 0.734. The van der Waals surface area contributed by atoms with E-state index in [1.807, 2.05) is 29.2 Å². The van der Waals surface area contributed by atoms with Crippen LogP contribution in [-0.4, -0.2) is 63.0 Å². The Morgan fingerprint density at radius 1 is 1.10 bits per heavy atom. The molecule has 0 aliphatic carbocycles. The fourth-order valence-electron chi connectivity index (χ4n) is 4.23. The number of hydrogen-bond acceptors (Lipinski definition) is 5. The van der Waals surface area contributed by atoms with Crippen LogP contribution in [0, 0.1) is 0 Å². The average molecular weight is 435 g/mol. The zero-order valence-electron chi connectivity index (χ0n) is 16.1. The van der Waals surface area contributed by atoms with Gasteiger partial charge in [-0.05, 0) is 42.3 Å². The van der Waals surface area contributed by atoms with Gasteiger partial charge in [-0.2, -0.15) is 0 Å². The van der Waals surface area contributed by atoms with Gasteiger partial charge in [0.2, 0.25) is 5.91 Å². The van der Waals surface area contributed by atoms with Crippen molar-refractivity contribution in [1.29, 1.82) is 0 Å².